The zero-order valence-corrected chi connectivity index (χ0v) is 18.3. The molecule has 2 aromatic carbocycles. The fourth-order valence-electron chi connectivity index (χ4n) is 3.07. The van der Waals surface area contributed by atoms with Crippen molar-refractivity contribution in [2.75, 3.05) is 19.4 Å². The number of aryl methyl sites for hydroxylation is 1. The molecule has 1 amide bonds. The molecule has 8 nitrogen and oxygen atoms in total. The summed E-state index contributed by atoms with van der Waals surface area (Å²) in [7, 11) is -0.769. The third-order valence-electron chi connectivity index (χ3n) is 4.74. The number of amides is 1. The van der Waals surface area contributed by atoms with Crippen molar-refractivity contribution in [1.29, 1.82) is 0 Å². The zero-order valence-electron chi connectivity index (χ0n) is 17.5. The van der Waals surface area contributed by atoms with E-state index in [9.17, 15) is 18.0 Å². The van der Waals surface area contributed by atoms with Crippen molar-refractivity contribution < 1.29 is 13.2 Å². The van der Waals surface area contributed by atoms with Gasteiger partial charge in [-0.15, -0.1) is 0 Å². The first kappa shape index (κ1) is 21.7. The Bertz CT molecular complexity index is 1290. The van der Waals surface area contributed by atoms with Gasteiger partial charge in [0.25, 0.3) is 11.5 Å². The standard InChI is InChI=1S/C21H24N4O4S/c1-13(2)25-21(27)17-9-7-6-8-16(17)19(23-25)20(26)22-15-11-10-14(3)18(12-15)30(28,29)24(4)5/h6-13H,1-5H3,(H,22,26). The molecule has 0 atom stereocenters. The van der Waals surface area contributed by atoms with Crippen molar-refractivity contribution in [3.05, 3.63) is 64.1 Å². The van der Waals surface area contributed by atoms with Gasteiger partial charge in [-0.1, -0.05) is 24.3 Å². The third-order valence-corrected chi connectivity index (χ3v) is 6.69. The number of hydrogen-bond donors (Lipinski definition) is 1. The summed E-state index contributed by atoms with van der Waals surface area (Å²) in [6.07, 6.45) is 0. The van der Waals surface area contributed by atoms with Crippen LogP contribution in [0.25, 0.3) is 10.8 Å². The van der Waals surface area contributed by atoms with Gasteiger partial charge in [0, 0.05) is 25.2 Å². The Kier molecular flexibility index (Phi) is 5.78. The van der Waals surface area contributed by atoms with Crippen LogP contribution in [-0.4, -0.2) is 42.5 Å². The normalized spacial score (nSPS) is 12.0. The van der Waals surface area contributed by atoms with E-state index in [1.54, 1.807) is 43.3 Å². The Morgan fingerprint density at radius 1 is 1.10 bits per heavy atom. The highest BCUT2D eigenvalue weighted by Gasteiger charge is 2.22. The maximum atomic E-state index is 13.0. The van der Waals surface area contributed by atoms with E-state index >= 15 is 0 Å². The Labute approximate surface area is 175 Å². The van der Waals surface area contributed by atoms with Gasteiger partial charge in [-0.25, -0.2) is 17.4 Å². The number of nitrogens with zero attached hydrogens (tertiary/aromatic N) is 3. The quantitative estimate of drug-likeness (QED) is 0.673. The summed E-state index contributed by atoms with van der Waals surface area (Å²) < 4.78 is 27.5. The van der Waals surface area contributed by atoms with E-state index in [0.717, 1.165) is 4.31 Å². The molecule has 0 aliphatic heterocycles. The fraction of sp³-hybridized carbons (Fsp3) is 0.286. The minimum absolute atomic E-state index is 0.0940. The van der Waals surface area contributed by atoms with Crippen LogP contribution in [0.4, 0.5) is 5.69 Å². The lowest BCUT2D eigenvalue weighted by atomic mass is 10.1. The van der Waals surface area contributed by atoms with Crippen LogP contribution >= 0.6 is 0 Å². The van der Waals surface area contributed by atoms with Crippen molar-refractivity contribution in [3.63, 3.8) is 0 Å². The zero-order chi connectivity index (χ0) is 22.2. The second-order valence-corrected chi connectivity index (χ2v) is 9.58. The van der Waals surface area contributed by atoms with E-state index in [-0.39, 0.29) is 22.2 Å². The van der Waals surface area contributed by atoms with Gasteiger partial charge in [0.05, 0.1) is 16.3 Å². The number of anilines is 1. The van der Waals surface area contributed by atoms with Crippen LogP contribution in [0.3, 0.4) is 0 Å². The number of aromatic nitrogens is 2. The molecule has 0 spiro atoms. The number of sulfonamides is 1. The monoisotopic (exact) mass is 428 g/mol. The summed E-state index contributed by atoms with van der Waals surface area (Å²) in [5.41, 5.74) is 0.709. The molecule has 9 heteroatoms. The molecule has 3 rings (SSSR count). The first-order chi connectivity index (χ1) is 14.0. The van der Waals surface area contributed by atoms with E-state index < -0.39 is 15.9 Å². The second-order valence-electron chi connectivity index (χ2n) is 7.46. The van der Waals surface area contributed by atoms with Crippen LogP contribution in [0.15, 0.2) is 52.2 Å². The van der Waals surface area contributed by atoms with Crippen LogP contribution in [0.2, 0.25) is 0 Å². The number of carbonyl (C=O) groups is 1. The number of rotatable bonds is 5. The summed E-state index contributed by atoms with van der Waals surface area (Å²) in [5.74, 6) is -0.530. The van der Waals surface area contributed by atoms with Crippen molar-refractivity contribution in [3.8, 4) is 0 Å². The molecule has 0 bridgehead atoms. The van der Waals surface area contributed by atoms with Gasteiger partial charge in [0.1, 0.15) is 0 Å². The maximum absolute atomic E-state index is 13.0. The van der Waals surface area contributed by atoms with Crippen molar-refractivity contribution >= 4 is 32.4 Å². The molecule has 3 aromatic rings. The predicted octanol–water partition coefficient (Wildman–Crippen LogP) is 2.79. The molecular weight excluding hydrogens is 404 g/mol. The summed E-state index contributed by atoms with van der Waals surface area (Å²) >= 11 is 0. The summed E-state index contributed by atoms with van der Waals surface area (Å²) in [6, 6.07) is 11.2. The lowest BCUT2D eigenvalue weighted by Gasteiger charge is -2.16. The van der Waals surface area contributed by atoms with Gasteiger partial charge in [-0.3, -0.25) is 9.59 Å². The Hall–Kier alpha value is -3.04. The molecule has 0 saturated heterocycles. The fourth-order valence-corrected chi connectivity index (χ4v) is 4.21. The van der Waals surface area contributed by atoms with Gasteiger partial charge >= 0.3 is 0 Å². The lowest BCUT2D eigenvalue weighted by Crippen LogP contribution is -2.29. The first-order valence-corrected chi connectivity index (χ1v) is 10.8. The van der Waals surface area contributed by atoms with E-state index in [0.29, 0.717) is 22.0 Å². The lowest BCUT2D eigenvalue weighted by molar-refractivity contribution is 0.102. The van der Waals surface area contributed by atoms with Crippen molar-refractivity contribution in [1.82, 2.24) is 14.1 Å². The minimum Gasteiger partial charge on any atom is -0.321 e. The summed E-state index contributed by atoms with van der Waals surface area (Å²) in [5, 5.41) is 7.82. The Morgan fingerprint density at radius 3 is 2.33 bits per heavy atom. The summed E-state index contributed by atoms with van der Waals surface area (Å²) in [4.78, 5) is 25.8. The van der Waals surface area contributed by atoms with Crippen LogP contribution < -0.4 is 10.9 Å². The molecule has 0 unspecified atom stereocenters. The molecule has 0 saturated carbocycles. The molecule has 0 aliphatic carbocycles. The van der Waals surface area contributed by atoms with Crippen molar-refractivity contribution in [2.45, 2.75) is 31.7 Å². The topological polar surface area (TPSA) is 101 Å². The molecule has 0 radical (unpaired) electrons. The van der Waals surface area contributed by atoms with E-state index in [1.165, 1.54) is 24.8 Å². The Morgan fingerprint density at radius 2 is 1.73 bits per heavy atom. The highest BCUT2D eigenvalue weighted by atomic mass is 32.2. The van der Waals surface area contributed by atoms with Crippen LogP contribution in [0, 0.1) is 6.92 Å². The van der Waals surface area contributed by atoms with Crippen molar-refractivity contribution in [2.24, 2.45) is 0 Å². The average molecular weight is 429 g/mol. The van der Waals surface area contributed by atoms with Crippen LogP contribution in [0.5, 0.6) is 0 Å². The van der Waals surface area contributed by atoms with Gasteiger partial charge in [0.15, 0.2) is 5.69 Å². The largest absolute Gasteiger partial charge is 0.321 e. The SMILES string of the molecule is Cc1ccc(NC(=O)c2nn(C(C)C)c(=O)c3ccccc23)cc1S(=O)(=O)N(C)C. The molecule has 1 N–H and O–H groups in total. The highest BCUT2D eigenvalue weighted by Crippen LogP contribution is 2.23. The third kappa shape index (κ3) is 3.86. The van der Waals surface area contributed by atoms with Crippen LogP contribution in [0.1, 0.15) is 35.9 Å². The molecule has 1 aromatic heterocycles. The molecule has 30 heavy (non-hydrogen) atoms. The Balaban J connectivity index is 2.09. The highest BCUT2D eigenvalue weighted by molar-refractivity contribution is 7.89. The molecule has 0 fully saturated rings. The number of hydrogen-bond acceptors (Lipinski definition) is 5. The molecule has 0 aliphatic rings. The van der Waals surface area contributed by atoms with E-state index in [4.69, 9.17) is 0 Å². The van der Waals surface area contributed by atoms with Gasteiger partial charge in [0.2, 0.25) is 10.0 Å². The summed E-state index contributed by atoms with van der Waals surface area (Å²) in [6.45, 7) is 5.31. The number of benzene rings is 2. The van der Waals surface area contributed by atoms with Crippen LogP contribution in [-0.2, 0) is 10.0 Å². The number of carbonyl (C=O) groups excluding carboxylic acids is 1. The molecule has 158 valence electrons. The predicted molar refractivity (Wildman–Crippen MR) is 116 cm³/mol. The average Bonchev–Trinajstić information content (AvgIpc) is 2.69. The second kappa shape index (κ2) is 8.00. The smallest absolute Gasteiger partial charge is 0.276 e. The first-order valence-electron chi connectivity index (χ1n) is 9.40. The number of fused-ring (bicyclic) bond motifs is 1. The van der Waals surface area contributed by atoms with Gasteiger partial charge < -0.3 is 5.32 Å². The maximum Gasteiger partial charge on any atom is 0.276 e. The van der Waals surface area contributed by atoms with Gasteiger partial charge in [-0.2, -0.15) is 5.10 Å². The van der Waals surface area contributed by atoms with E-state index in [1.807, 2.05) is 13.8 Å². The minimum atomic E-state index is -3.67. The molecule has 1 heterocycles. The number of nitrogens with one attached hydrogen (secondary N) is 1. The van der Waals surface area contributed by atoms with E-state index in [2.05, 4.69) is 10.4 Å². The van der Waals surface area contributed by atoms with Gasteiger partial charge in [-0.05, 0) is 44.5 Å². The molecular formula is C21H24N4O4S.